The largest absolute Gasteiger partial charge is 0.416 e. The van der Waals surface area contributed by atoms with Crippen LogP contribution in [0.25, 0.3) is 0 Å². The molecule has 1 aliphatic carbocycles. The molecule has 28 heavy (non-hydrogen) atoms. The number of fused-ring (bicyclic) bond motifs is 1. The van der Waals surface area contributed by atoms with E-state index < -0.39 is 17.8 Å². The number of nitrogens with one attached hydrogen (secondary N) is 2. The number of carbonyl (C=O) groups is 1. The van der Waals surface area contributed by atoms with E-state index in [-0.39, 0.29) is 12.1 Å². The number of carbonyl (C=O) groups excluding carboxylic acids is 1. The van der Waals surface area contributed by atoms with Gasteiger partial charge in [-0.3, -0.25) is 0 Å². The Morgan fingerprint density at radius 2 is 1.82 bits per heavy atom. The lowest BCUT2D eigenvalue weighted by molar-refractivity contribution is -0.137. The number of benzene rings is 2. The maximum Gasteiger partial charge on any atom is 0.416 e. The van der Waals surface area contributed by atoms with Crippen LogP contribution in [-0.2, 0) is 6.18 Å². The summed E-state index contributed by atoms with van der Waals surface area (Å²) in [6, 6.07) is 13.4. The van der Waals surface area contributed by atoms with Gasteiger partial charge in [0.25, 0.3) is 0 Å². The number of rotatable bonds is 4. The lowest BCUT2D eigenvalue weighted by Crippen LogP contribution is -2.47. The Morgan fingerprint density at radius 1 is 1.07 bits per heavy atom. The molecule has 2 aliphatic rings. The quantitative estimate of drug-likeness (QED) is 0.794. The van der Waals surface area contributed by atoms with Gasteiger partial charge in [0, 0.05) is 5.70 Å². The van der Waals surface area contributed by atoms with E-state index in [1.54, 1.807) is 6.07 Å². The van der Waals surface area contributed by atoms with E-state index in [9.17, 15) is 18.0 Å². The number of urea groups is 1. The van der Waals surface area contributed by atoms with Crippen molar-refractivity contribution in [3.8, 4) is 0 Å². The molecule has 1 saturated heterocycles. The molecule has 0 radical (unpaired) electrons. The minimum Gasteiger partial charge on any atom is -0.309 e. The molecule has 0 aromatic heterocycles. The van der Waals surface area contributed by atoms with Crippen LogP contribution in [0.5, 0.6) is 0 Å². The van der Waals surface area contributed by atoms with Crippen molar-refractivity contribution in [1.82, 2.24) is 15.8 Å². The molecule has 0 bridgehead atoms. The van der Waals surface area contributed by atoms with Gasteiger partial charge in [-0.1, -0.05) is 48.5 Å². The Balaban J connectivity index is 1.71. The van der Waals surface area contributed by atoms with Gasteiger partial charge in [-0.2, -0.15) is 13.2 Å². The zero-order valence-electron chi connectivity index (χ0n) is 15.0. The molecule has 2 N–H and O–H groups in total. The van der Waals surface area contributed by atoms with Gasteiger partial charge in [0.05, 0.1) is 17.6 Å². The van der Waals surface area contributed by atoms with Crippen LogP contribution >= 0.6 is 0 Å². The average molecular weight is 387 g/mol. The Labute approximate surface area is 161 Å². The number of hydrogen-bond acceptors (Lipinski definition) is 2. The summed E-state index contributed by atoms with van der Waals surface area (Å²) in [5.74, 6) is 0. The molecule has 146 valence electrons. The summed E-state index contributed by atoms with van der Waals surface area (Å²) in [7, 11) is 0. The molecular formula is C21H20F3N3O. The summed E-state index contributed by atoms with van der Waals surface area (Å²) in [4.78, 5) is 12.5. The van der Waals surface area contributed by atoms with E-state index in [1.807, 2.05) is 36.4 Å². The number of halogens is 3. The molecule has 2 amide bonds. The van der Waals surface area contributed by atoms with Crippen molar-refractivity contribution in [2.24, 2.45) is 0 Å². The standard InChI is InChI=1S/C21H20F3N3O/c22-21(23,24)16-10-6-9-15(13-16)19(14-7-2-1-3-8-14)26-27-18-12-5-4-11-17(18)25-20(27)28/h1-3,6-11,13,18-19,26H,4-5,12H2,(H,25,28)/t18-,19?/m0/s1. The maximum absolute atomic E-state index is 13.2. The Hall–Kier alpha value is -2.80. The third-order valence-corrected chi connectivity index (χ3v) is 5.14. The van der Waals surface area contributed by atoms with E-state index in [4.69, 9.17) is 0 Å². The van der Waals surface area contributed by atoms with E-state index in [2.05, 4.69) is 10.7 Å². The van der Waals surface area contributed by atoms with Gasteiger partial charge < -0.3 is 5.32 Å². The predicted molar refractivity (Wildman–Crippen MR) is 99.0 cm³/mol. The fourth-order valence-corrected chi connectivity index (χ4v) is 3.76. The molecule has 4 nitrogen and oxygen atoms in total. The summed E-state index contributed by atoms with van der Waals surface area (Å²) in [6.07, 6.45) is 0.259. The third-order valence-electron chi connectivity index (χ3n) is 5.14. The van der Waals surface area contributed by atoms with Crippen molar-refractivity contribution >= 4 is 6.03 Å². The van der Waals surface area contributed by atoms with Gasteiger partial charge in [0.2, 0.25) is 0 Å². The van der Waals surface area contributed by atoms with Gasteiger partial charge in [-0.25, -0.2) is 15.2 Å². The van der Waals surface area contributed by atoms with Gasteiger partial charge in [0.1, 0.15) is 0 Å². The number of nitrogens with zero attached hydrogens (tertiary/aromatic N) is 1. The van der Waals surface area contributed by atoms with Crippen LogP contribution in [0.15, 0.2) is 66.4 Å². The third kappa shape index (κ3) is 3.62. The van der Waals surface area contributed by atoms with Crippen molar-refractivity contribution < 1.29 is 18.0 Å². The van der Waals surface area contributed by atoms with E-state index in [1.165, 1.54) is 11.1 Å². The topological polar surface area (TPSA) is 44.4 Å². The van der Waals surface area contributed by atoms with E-state index >= 15 is 0 Å². The molecule has 2 aromatic carbocycles. The summed E-state index contributed by atoms with van der Waals surface area (Å²) >= 11 is 0. The molecule has 0 spiro atoms. The second-order valence-corrected chi connectivity index (χ2v) is 7.00. The minimum absolute atomic E-state index is 0.127. The summed E-state index contributed by atoms with van der Waals surface area (Å²) in [5, 5.41) is 4.37. The van der Waals surface area contributed by atoms with E-state index in [0.29, 0.717) is 5.56 Å². The number of amides is 2. The first kappa shape index (κ1) is 18.6. The molecule has 7 heteroatoms. The Kier molecular flexibility index (Phi) is 4.85. The van der Waals surface area contributed by atoms with Gasteiger partial charge in [-0.05, 0) is 42.5 Å². The van der Waals surface area contributed by atoms with Crippen LogP contribution in [0.2, 0.25) is 0 Å². The van der Waals surface area contributed by atoms with Crippen molar-refractivity contribution in [1.29, 1.82) is 0 Å². The monoisotopic (exact) mass is 387 g/mol. The van der Waals surface area contributed by atoms with Crippen LogP contribution in [-0.4, -0.2) is 17.1 Å². The summed E-state index contributed by atoms with van der Waals surface area (Å²) < 4.78 is 39.7. The number of hydrazine groups is 1. The Bertz CT molecular complexity index is 895. The number of hydrogen-bond donors (Lipinski definition) is 2. The highest BCUT2D eigenvalue weighted by Gasteiger charge is 2.38. The van der Waals surface area contributed by atoms with Gasteiger partial charge >= 0.3 is 12.2 Å². The first-order valence-corrected chi connectivity index (χ1v) is 9.22. The zero-order valence-corrected chi connectivity index (χ0v) is 15.0. The average Bonchev–Trinajstić information content (AvgIpc) is 3.01. The second-order valence-electron chi connectivity index (χ2n) is 7.00. The molecule has 2 aromatic rings. The number of alkyl halides is 3. The smallest absolute Gasteiger partial charge is 0.309 e. The molecule has 2 atom stereocenters. The van der Waals surface area contributed by atoms with E-state index in [0.717, 1.165) is 42.7 Å². The van der Waals surface area contributed by atoms with Gasteiger partial charge in [-0.15, -0.1) is 0 Å². The molecular weight excluding hydrogens is 367 g/mol. The van der Waals surface area contributed by atoms with Gasteiger partial charge in [0.15, 0.2) is 0 Å². The van der Waals surface area contributed by atoms with Crippen LogP contribution in [0.4, 0.5) is 18.0 Å². The van der Waals surface area contributed by atoms with Crippen LogP contribution in [0, 0.1) is 0 Å². The molecule has 1 heterocycles. The second kappa shape index (κ2) is 7.31. The van der Waals surface area contributed by atoms with Crippen molar-refractivity contribution in [2.45, 2.75) is 37.5 Å². The summed E-state index contributed by atoms with van der Waals surface area (Å²) in [6.45, 7) is 0. The first-order chi connectivity index (χ1) is 13.4. The highest BCUT2D eigenvalue weighted by atomic mass is 19.4. The lowest BCUT2D eigenvalue weighted by atomic mass is 9.97. The molecule has 0 saturated carbocycles. The minimum atomic E-state index is -4.43. The zero-order chi connectivity index (χ0) is 19.7. The fraction of sp³-hybridized carbons (Fsp3) is 0.286. The van der Waals surface area contributed by atoms with Crippen molar-refractivity contribution in [2.75, 3.05) is 0 Å². The SMILES string of the molecule is O=C1NC2=CCCC[C@@H]2N1NC(c1ccccc1)c1cccc(C(F)(F)F)c1. The van der Waals surface area contributed by atoms with Crippen LogP contribution < -0.4 is 10.7 Å². The van der Waals surface area contributed by atoms with Crippen molar-refractivity contribution in [3.63, 3.8) is 0 Å². The fourth-order valence-electron chi connectivity index (χ4n) is 3.76. The highest BCUT2D eigenvalue weighted by molar-refractivity contribution is 5.80. The van der Waals surface area contributed by atoms with Crippen LogP contribution in [0.1, 0.15) is 42.0 Å². The predicted octanol–water partition coefficient (Wildman–Crippen LogP) is 4.76. The maximum atomic E-state index is 13.2. The summed E-state index contributed by atoms with van der Waals surface area (Å²) in [5.41, 5.74) is 4.57. The molecule has 1 fully saturated rings. The molecule has 4 rings (SSSR count). The first-order valence-electron chi connectivity index (χ1n) is 9.22. The highest BCUT2D eigenvalue weighted by Crippen LogP contribution is 2.33. The Morgan fingerprint density at radius 3 is 2.57 bits per heavy atom. The molecule has 1 unspecified atom stereocenters. The van der Waals surface area contributed by atoms with Crippen molar-refractivity contribution in [3.05, 3.63) is 83.1 Å². The van der Waals surface area contributed by atoms with Crippen LogP contribution in [0.3, 0.4) is 0 Å². The lowest BCUT2D eigenvalue weighted by Gasteiger charge is -2.31. The molecule has 1 aliphatic heterocycles. The number of allylic oxidation sites excluding steroid dienone is 1. The normalized spacial score (nSPS) is 20.4.